The van der Waals surface area contributed by atoms with E-state index in [-0.39, 0.29) is 29.5 Å². The Kier molecular flexibility index (Phi) is 6.27. The van der Waals surface area contributed by atoms with E-state index in [2.05, 4.69) is 0 Å². The van der Waals surface area contributed by atoms with Crippen molar-refractivity contribution in [3.63, 3.8) is 0 Å². The summed E-state index contributed by atoms with van der Waals surface area (Å²) in [6, 6.07) is 19.7. The van der Waals surface area contributed by atoms with E-state index in [1.807, 2.05) is 24.3 Å². The van der Waals surface area contributed by atoms with Crippen molar-refractivity contribution in [2.45, 2.75) is 25.0 Å². The van der Waals surface area contributed by atoms with Gasteiger partial charge in [0.2, 0.25) is 0 Å². The van der Waals surface area contributed by atoms with E-state index in [1.165, 1.54) is 52.6 Å². The van der Waals surface area contributed by atoms with Gasteiger partial charge in [-0.3, -0.25) is 0 Å². The van der Waals surface area contributed by atoms with E-state index in [9.17, 15) is 18.7 Å². The van der Waals surface area contributed by atoms with Crippen LogP contribution in [0, 0.1) is 17.6 Å². The van der Waals surface area contributed by atoms with Crippen molar-refractivity contribution in [1.29, 1.82) is 0 Å². The molecule has 1 aliphatic heterocycles. The van der Waals surface area contributed by atoms with Gasteiger partial charge in [0.25, 0.3) is 0 Å². The summed E-state index contributed by atoms with van der Waals surface area (Å²) in [5.41, 5.74) is 2.31. The number of β-lactam (4-membered cyclic amide) rings is 1. The maximum atomic E-state index is 13.4. The predicted molar refractivity (Wildman–Crippen MR) is 113 cm³/mol. The molecule has 30 heavy (non-hydrogen) atoms. The number of aliphatic hydroxyl groups is 1. The molecule has 1 N–H and O–H groups in total. The van der Waals surface area contributed by atoms with Crippen molar-refractivity contribution in [3.05, 3.63) is 95.6 Å². The van der Waals surface area contributed by atoms with Gasteiger partial charge in [0.15, 0.2) is 0 Å². The number of hydrogen-bond donors (Lipinski definition) is 1. The minimum atomic E-state index is -0.763. The van der Waals surface area contributed by atoms with Crippen LogP contribution in [0.15, 0.2) is 72.8 Å². The predicted octanol–water partition coefficient (Wildman–Crippen LogP) is 3.98. The maximum absolute atomic E-state index is 13.4. The van der Waals surface area contributed by atoms with E-state index >= 15 is 0 Å². The molecule has 0 aliphatic carbocycles. The second kappa shape index (κ2) is 8.92. The second-order valence-electron chi connectivity index (χ2n) is 7.45. The molecule has 0 unspecified atom stereocenters. The van der Waals surface area contributed by atoms with E-state index in [0.29, 0.717) is 24.1 Å². The van der Waals surface area contributed by atoms with E-state index < -0.39 is 6.10 Å². The number of rotatable bonds is 6. The normalized spacial score (nSPS) is 19.4. The van der Waals surface area contributed by atoms with Crippen LogP contribution in [0.2, 0.25) is 0 Å². The monoisotopic (exact) mass is 601 g/mol. The van der Waals surface area contributed by atoms with Crippen molar-refractivity contribution in [3.8, 4) is 0 Å². The first-order chi connectivity index (χ1) is 14.4. The zero-order valence-corrected chi connectivity index (χ0v) is 19.2. The topological polar surface area (TPSA) is 40.5 Å². The van der Waals surface area contributed by atoms with Gasteiger partial charge in [-0.15, -0.1) is 0 Å². The van der Waals surface area contributed by atoms with Gasteiger partial charge < -0.3 is 0 Å². The molecule has 3 nitrogen and oxygen atoms in total. The molecule has 3 aromatic rings. The number of carbonyl (C=O) groups is 1. The summed E-state index contributed by atoms with van der Waals surface area (Å²) in [7, 11) is 0. The molecular formula is C24H20F2NO2Po. The van der Waals surface area contributed by atoms with Crippen LogP contribution < -0.4 is 8.12 Å². The Morgan fingerprint density at radius 2 is 1.47 bits per heavy atom. The first-order valence-electron chi connectivity index (χ1n) is 9.73. The van der Waals surface area contributed by atoms with Crippen LogP contribution in [0.5, 0.6) is 0 Å². The van der Waals surface area contributed by atoms with Gasteiger partial charge in [0, 0.05) is 0 Å². The quantitative estimate of drug-likeness (QED) is 0.435. The van der Waals surface area contributed by atoms with Gasteiger partial charge in [0.1, 0.15) is 5.82 Å². The molecular weight excluding hydrogens is 581 g/mol. The average molecular weight is 601 g/mol. The molecule has 4 rings (SSSR count). The summed E-state index contributed by atoms with van der Waals surface area (Å²) >= 11 is 1.37. The fraction of sp³-hybridized carbons (Fsp3) is 0.208. The fourth-order valence-corrected chi connectivity index (χ4v) is 4.48. The van der Waals surface area contributed by atoms with Gasteiger partial charge in [-0.1, -0.05) is 0 Å². The summed E-state index contributed by atoms with van der Waals surface area (Å²) in [6.07, 6.45) is 0.130. The van der Waals surface area contributed by atoms with Gasteiger partial charge in [-0.2, -0.15) is 0 Å². The van der Waals surface area contributed by atoms with Gasteiger partial charge in [-0.25, -0.2) is 4.39 Å². The van der Waals surface area contributed by atoms with Crippen molar-refractivity contribution in [2.24, 2.45) is 5.92 Å². The Balaban J connectivity index is 1.55. The number of anilines is 1. The molecule has 6 heteroatoms. The van der Waals surface area contributed by atoms with E-state index in [4.69, 9.17) is 0 Å². The number of carbonyl (C=O) groups excluding carboxylic acids is 1. The Hall–Kier alpha value is -2.15. The number of hydrogen-bond acceptors (Lipinski definition) is 2. The standard InChI is InChI=1S/C24H20F2NO2.Po/c25-18-8-6-16(7-9-18)22(28)15-14-21-23(17-4-2-1-3-5-17)27(24(21)29)20-12-10-19(26)11-13-20;/h2-13,21-23,28H,14-15H2;/t21-,22+,23-;/m1./s1. The molecule has 3 atom stereocenters. The van der Waals surface area contributed by atoms with Gasteiger partial charge in [0.05, 0.1) is 0 Å². The van der Waals surface area contributed by atoms with Crippen LogP contribution >= 0.6 is 0 Å². The third-order valence-corrected chi connectivity index (χ3v) is 6.60. The number of nitrogens with zero attached hydrogens (tertiary/aromatic N) is 1. The number of benzene rings is 3. The van der Waals surface area contributed by atoms with Gasteiger partial charge in [-0.05, 0) is 0 Å². The molecule has 0 spiro atoms. The molecule has 1 radical (unpaired) electrons. The van der Waals surface area contributed by atoms with Crippen molar-refractivity contribution in [1.82, 2.24) is 0 Å². The third kappa shape index (κ3) is 4.31. The van der Waals surface area contributed by atoms with Gasteiger partial charge >= 0.3 is 180 Å². The van der Waals surface area contributed by atoms with E-state index in [0.717, 1.165) is 5.56 Å². The molecule has 3 aromatic carbocycles. The Labute approximate surface area is 189 Å². The van der Waals surface area contributed by atoms with Crippen LogP contribution in [0.4, 0.5) is 14.5 Å². The first kappa shape index (κ1) is 21.1. The Morgan fingerprint density at radius 1 is 0.900 bits per heavy atom. The molecule has 153 valence electrons. The SMILES string of the molecule is O=C1[C@H](CC[C@H](O)c2ccc(F)cc2)[C@@H](c2cc[c]([Po])cc2)N1c1ccc(F)cc1. The van der Waals surface area contributed by atoms with Crippen LogP contribution in [0.25, 0.3) is 0 Å². The number of aliphatic hydroxyl groups excluding tert-OH is 1. The molecule has 0 bridgehead atoms. The van der Waals surface area contributed by atoms with Crippen LogP contribution in [0.3, 0.4) is 0 Å². The first-order valence-corrected chi connectivity index (χ1v) is 11.3. The zero-order chi connectivity index (χ0) is 21.3. The fourth-order valence-electron chi connectivity index (χ4n) is 3.95. The summed E-state index contributed by atoms with van der Waals surface area (Å²) in [5, 5.41) is 10.5. The Bertz CT molecular complexity index is 1020. The average Bonchev–Trinajstić information content (AvgIpc) is 2.74. The van der Waals surface area contributed by atoms with Crippen LogP contribution in [0.1, 0.15) is 36.1 Å². The minimum absolute atomic E-state index is 0.0379. The molecule has 1 heterocycles. The van der Waals surface area contributed by atoms with E-state index in [1.54, 1.807) is 29.2 Å². The zero-order valence-electron chi connectivity index (χ0n) is 16.0. The summed E-state index contributed by atoms with van der Waals surface area (Å²) < 4.78 is 27.7. The number of halogens is 2. The molecule has 1 amide bonds. The second-order valence-corrected chi connectivity index (χ2v) is 9.28. The van der Waals surface area contributed by atoms with Crippen molar-refractivity contribution < 1.29 is 18.7 Å². The summed E-state index contributed by atoms with van der Waals surface area (Å²) in [4.78, 5) is 14.7. The number of amides is 1. The van der Waals surface area contributed by atoms with Crippen LogP contribution in [-0.2, 0) is 4.79 Å². The van der Waals surface area contributed by atoms with Crippen molar-refractivity contribution in [2.75, 3.05) is 4.90 Å². The molecule has 1 aliphatic rings. The third-order valence-electron chi connectivity index (χ3n) is 5.55. The summed E-state index contributed by atoms with van der Waals surface area (Å²) in [5.74, 6) is -1.01. The van der Waals surface area contributed by atoms with Crippen molar-refractivity contribution >= 4 is 39.9 Å². The molecule has 1 fully saturated rings. The summed E-state index contributed by atoms with van der Waals surface area (Å²) in [6.45, 7) is 0. The van der Waals surface area contributed by atoms with Crippen LogP contribution in [-0.4, -0.2) is 36.1 Å². The molecule has 0 aromatic heterocycles. The molecule has 1 saturated heterocycles. The molecule has 0 saturated carbocycles. The Morgan fingerprint density at radius 3 is 2.07 bits per heavy atom.